The Kier molecular flexibility index (Phi) is 4.38. The Morgan fingerprint density at radius 3 is 2.70 bits per heavy atom. The summed E-state index contributed by atoms with van der Waals surface area (Å²) in [7, 11) is 0. The molecule has 3 aromatic rings. The number of carbonyl (C=O) groups excluding carboxylic acids is 1. The lowest BCUT2D eigenvalue weighted by Crippen LogP contribution is -2.08. The minimum absolute atomic E-state index is 0.0477. The highest BCUT2D eigenvalue weighted by Crippen LogP contribution is 2.24. The maximum atomic E-state index is 12.9. The first-order valence-electron chi connectivity index (χ1n) is 6.78. The molecule has 0 atom stereocenters. The van der Waals surface area contributed by atoms with E-state index in [0.717, 1.165) is 16.3 Å². The Labute approximate surface area is 135 Å². The third kappa shape index (κ3) is 3.75. The SMILES string of the molecule is Cc1cnc(C(=O)OCc2csc(-c3ccc(F)cc3)n2)cn1. The van der Waals surface area contributed by atoms with E-state index in [-0.39, 0.29) is 18.1 Å². The van der Waals surface area contributed by atoms with Crippen LogP contribution in [0.1, 0.15) is 21.9 Å². The Bertz CT molecular complexity index is 816. The van der Waals surface area contributed by atoms with E-state index < -0.39 is 5.97 Å². The summed E-state index contributed by atoms with van der Waals surface area (Å²) in [6.07, 6.45) is 2.88. The molecular formula is C16H12FN3O2S. The second-order valence-corrected chi connectivity index (χ2v) is 5.63. The van der Waals surface area contributed by atoms with Crippen LogP contribution in [-0.2, 0) is 11.3 Å². The fourth-order valence-corrected chi connectivity index (χ4v) is 2.62. The summed E-state index contributed by atoms with van der Waals surface area (Å²) in [5.41, 5.74) is 2.33. The summed E-state index contributed by atoms with van der Waals surface area (Å²) in [5.74, 6) is -0.840. The van der Waals surface area contributed by atoms with E-state index in [1.165, 1.54) is 35.9 Å². The minimum Gasteiger partial charge on any atom is -0.454 e. The topological polar surface area (TPSA) is 65.0 Å². The van der Waals surface area contributed by atoms with Gasteiger partial charge in [-0.15, -0.1) is 11.3 Å². The van der Waals surface area contributed by atoms with Crippen molar-refractivity contribution in [2.45, 2.75) is 13.5 Å². The number of hydrogen-bond donors (Lipinski definition) is 0. The van der Waals surface area contributed by atoms with Gasteiger partial charge < -0.3 is 4.74 Å². The second kappa shape index (κ2) is 6.62. The van der Waals surface area contributed by atoms with Gasteiger partial charge in [-0.05, 0) is 31.2 Å². The van der Waals surface area contributed by atoms with Crippen LogP contribution in [0.2, 0.25) is 0 Å². The first-order valence-corrected chi connectivity index (χ1v) is 7.66. The van der Waals surface area contributed by atoms with Crippen molar-refractivity contribution in [3.05, 3.63) is 64.9 Å². The zero-order chi connectivity index (χ0) is 16.2. The van der Waals surface area contributed by atoms with Gasteiger partial charge in [0.25, 0.3) is 0 Å². The molecule has 0 amide bonds. The van der Waals surface area contributed by atoms with Gasteiger partial charge in [0, 0.05) is 17.1 Å². The molecule has 0 aliphatic heterocycles. The molecule has 7 heteroatoms. The Morgan fingerprint density at radius 2 is 2.00 bits per heavy atom. The monoisotopic (exact) mass is 329 g/mol. The average molecular weight is 329 g/mol. The zero-order valence-electron chi connectivity index (χ0n) is 12.2. The number of rotatable bonds is 4. The van der Waals surface area contributed by atoms with Crippen LogP contribution < -0.4 is 0 Å². The van der Waals surface area contributed by atoms with E-state index in [1.54, 1.807) is 24.4 Å². The van der Waals surface area contributed by atoms with Crippen LogP contribution in [-0.4, -0.2) is 20.9 Å². The molecule has 0 fully saturated rings. The van der Waals surface area contributed by atoms with Gasteiger partial charge in [0.1, 0.15) is 17.4 Å². The molecule has 0 spiro atoms. The van der Waals surface area contributed by atoms with Gasteiger partial charge in [0.05, 0.1) is 17.6 Å². The second-order valence-electron chi connectivity index (χ2n) is 4.77. The van der Waals surface area contributed by atoms with Crippen LogP contribution in [0.4, 0.5) is 4.39 Å². The van der Waals surface area contributed by atoms with E-state index in [9.17, 15) is 9.18 Å². The number of halogens is 1. The number of hydrogen-bond acceptors (Lipinski definition) is 6. The Morgan fingerprint density at radius 1 is 1.22 bits per heavy atom. The number of benzene rings is 1. The molecule has 0 N–H and O–H groups in total. The molecule has 0 aliphatic rings. The van der Waals surface area contributed by atoms with E-state index in [2.05, 4.69) is 15.0 Å². The molecule has 2 aromatic heterocycles. The highest BCUT2D eigenvalue weighted by Gasteiger charge is 2.11. The minimum atomic E-state index is -0.547. The molecule has 0 bridgehead atoms. The van der Waals surface area contributed by atoms with Gasteiger partial charge in [-0.1, -0.05) is 0 Å². The van der Waals surface area contributed by atoms with E-state index in [0.29, 0.717) is 5.69 Å². The summed E-state index contributed by atoms with van der Waals surface area (Å²) in [6.45, 7) is 1.83. The molecule has 1 aromatic carbocycles. The Balaban J connectivity index is 1.64. The van der Waals surface area contributed by atoms with E-state index in [1.807, 2.05) is 0 Å². The molecule has 0 aliphatic carbocycles. The number of nitrogens with zero attached hydrogens (tertiary/aromatic N) is 3. The van der Waals surface area contributed by atoms with Gasteiger partial charge in [-0.2, -0.15) is 0 Å². The summed E-state index contributed by atoms with van der Waals surface area (Å²) < 4.78 is 18.1. The summed E-state index contributed by atoms with van der Waals surface area (Å²) in [5, 5.41) is 2.54. The highest BCUT2D eigenvalue weighted by atomic mass is 32.1. The third-order valence-corrected chi connectivity index (χ3v) is 3.92. The van der Waals surface area contributed by atoms with Crippen LogP contribution >= 0.6 is 11.3 Å². The lowest BCUT2D eigenvalue weighted by Gasteiger charge is -2.02. The number of esters is 1. The largest absolute Gasteiger partial charge is 0.454 e. The summed E-state index contributed by atoms with van der Waals surface area (Å²) >= 11 is 1.41. The number of thiazole rings is 1. The lowest BCUT2D eigenvalue weighted by atomic mass is 10.2. The van der Waals surface area contributed by atoms with Crippen LogP contribution in [0.15, 0.2) is 42.0 Å². The maximum Gasteiger partial charge on any atom is 0.358 e. The molecular weight excluding hydrogens is 317 g/mol. The predicted octanol–water partition coefficient (Wildman–Crippen LogP) is 3.40. The van der Waals surface area contributed by atoms with Crippen molar-refractivity contribution in [1.29, 1.82) is 0 Å². The predicted molar refractivity (Wildman–Crippen MR) is 83.4 cm³/mol. The van der Waals surface area contributed by atoms with Gasteiger partial charge >= 0.3 is 5.97 Å². The van der Waals surface area contributed by atoms with Crippen LogP contribution in [0.3, 0.4) is 0 Å². The van der Waals surface area contributed by atoms with Crippen molar-refractivity contribution in [3.63, 3.8) is 0 Å². The number of aryl methyl sites for hydroxylation is 1. The summed E-state index contributed by atoms with van der Waals surface area (Å²) in [6, 6.07) is 6.08. The van der Waals surface area contributed by atoms with Crippen molar-refractivity contribution < 1.29 is 13.9 Å². The standard InChI is InChI=1S/C16H12FN3O2S/c1-10-6-19-14(7-18-10)16(21)22-8-13-9-23-15(20-13)11-2-4-12(17)5-3-11/h2-7,9H,8H2,1H3. The third-order valence-electron chi connectivity index (χ3n) is 2.98. The van der Waals surface area contributed by atoms with Gasteiger partial charge in [0.15, 0.2) is 5.69 Å². The summed E-state index contributed by atoms with van der Waals surface area (Å²) in [4.78, 5) is 24.2. The number of ether oxygens (including phenoxy) is 1. The fourth-order valence-electron chi connectivity index (χ4n) is 1.81. The highest BCUT2D eigenvalue weighted by molar-refractivity contribution is 7.13. The van der Waals surface area contributed by atoms with Gasteiger partial charge in [-0.3, -0.25) is 4.98 Å². The van der Waals surface area contributed by atoms with E-state index in [4.69, 9.17) is 4.74 Å². The van der Waals surface area contributed by atoms with Crippen molar-refractivity contribution >= 4 is 17.3 Å². The smallest absolute Gasteiger partial charge is 0.358 e. The first kappa shape index (κ1) is 15.2. The van der Waals surface area contributed by atoms with Crippen molar-refractivity contribution in [2.75, 3.05) is 0 Å². The maximum absolute atomic E-state index is 12.9. The molecule has 0 radical (unpaired) electrons. The lowest BCUT2D eigenvalue weighted by molar-refractivity contribution is 0.0461. The molecule has 116 valence electrons. The number of carbonyl (C=O) groups is 1. The molecule has 0 saturated carbocycles. The molecule has 3 rings (SSSR count). The van der Waals surface area contributed by atoms with E-state index >= 15 is 0 Å². The Hall–Kier alpha value is -2.67. The molecule has 2 heterocycles. The average Bonchev–Trinajstić information content (AvgIpc) is 3.03. The zero-order valence-corrected chi connectivity index (χ0v) is 13.0. The quantitative estimate of drug-likeness (QED) is 0.686. The van der Waals surface area contributed by atoms with Gasteiger partial charge in [0.2, 0.25) is 0 Å². The first-order chi connectivity index (χ1) is 11.1. The normalized spacial score (nSPS) is 10.5. The molecule has 0 saturated heterocycles. The number of aromatic nitrogens is 3. The van der Waals surface area contributed by atoms with Crippen LogP contribution in [0, 0.1) is 12.7 Å². The van der Waals surface area contributed by atoms with Crippen molar-refractivity contribution in [3.8, 4) is 10.6 Å². The van der Waals surface area contributed by atoms with Crippen molar-refractivity contribution in [1.82, 2.24) is 15.0 Å². The fraction of sp³-hybridized carbons (Fsp3) is 0.125. The van der Waals surface area contributed by atoms with Crippen LogP contribution in [0.25, 0.3) is 10.6 Å². The van der Waals surface area contributed by atoms with Gasteiger partial charge in [-0.25, -0.2) is 19.2 Å². The molecule has 0 unspecified atom stereocenters. The van der Waals surface area contributed by atoms with Crippen molar-refractivity contribution in [2.24, 2.45) is 0 Å². The molecule has 23 heavy (non-hydrogen) atoms. The van der Waals surface area contributed by atoms with Crippen LogP contribution in [0.5, 0.6) is 0 Å². The molecule has 5 nitrogen and oxygen atoms in total.